The van der Waals surface area contributed by atoms with Crippen molar-refractivity contribution in [1.82, 2.24) is 0 Å². The van der Waals surface area contributed by atoms with Crippen molar-refractivity contribution in [2.45, 2.75) is 20.3 Å². The van der Waals surface area contributed by atoms with Crippen LogP contribution in [0.5, 0.6) is 0 Å². The molecule has 0 heterocycles. The first-order valence-corrected chi connectivity index (χ1v) is 6.91. The van der Waals surface area contributed by atoms with Crippen LogP contribution in [0.2, 0.25) is 0 Å². The maximum Gasteiger partial charge on any atom is 0.673 e. The summed E-state index contributed by atoms with van der Waals surface area (Å²) in [7, 11) is -6.00. The topological polar surface area (TPSA) is 34.1 Å². The average Bonchev–Trinajstić information content (AvgIpc) is 2.71. The summed E-state index contributed by atoms with van der Waals surface area (Å²) in [6.07, 6.45) is 6.33. The third-order valence-corrected chi connectivity index (χ3v) is 5.61. The fourth-order valence-electron chi connectivity index (χ4n) is 1.09. The Bertz CT molecular complexity index is 579. The molecule has 0 amide bonds. The van der Waals surface area contributed by atoms with Crippen LogP contribution in [-0.4, -0.2) is 21.2 Å². The van der Waals surface area contributed by atoms with Crippen LogP contribution in [0.25, 0.3) is 0 Å². The van der Waals surface area contributed by atoms with Gasteiger partial charge in [-0.15, -0.1) is 0 Å². The van der Waals surface area contributed by atoms with Gasteiger partial charge in [0, 0.05) is 0 Å². The monoisotopic (exact) mass is 306 g/mol. The van der Waals surface area contributed by atoms with Gasteiger partial charge in [0.05, 0.1) is 0 Å². The zero-order chi connectivity index (χ0) is 14.4. The van der Waals surface area contributed by atoms with Crippen molar-refractivity contribution < 1.29 is 38.4 Å². The van der Waals surface area contributed by atoms with E-state index in [4.69, 9.17) is 0 Å². The van der Waals surface area contributed by atoms with Crippen LogP contribution >= 0.6 is 0 Å². The Balaban J connectivity index is 0.000000494. The van der Waals surface area contributed by atoms with Crippen LogP contribution in [0, 0.1) is 0 Å². The Kier molecular flexibility index (Phi) is 6.23. The molecule has 1 rings (SSSR count). The van der Waals surface area contributed by atoms with Crippen molar-refractivity contribution in [3.8, 4) is 0 Å². The van der Waals surface area contributed by atoms with Gasteiger partial charge in [-0.1, -0.05) is 0 Å². The van der Waals surface area contributed by atoms with Crippen LogP contribution in [0.3, 0.4) is 0 Å². The van der Waals surface area contributed by atoms with Crippen LogP contribution in [-0.2, 0) is 21.1 Å². The summed E-state index contributed by atoms with van der Waals surface area (Å²) in [6, 6.07) is 0. The van der Waals surface area contributed by atoms with E-state index < -0.39 is 18.8 Å². The molecule has 0 bridgehead atoms. The Hall–Kier alpha value is -1.19. The molecule has 0 N–H and O–H groups in total. The summed E-state index contributed by atoms with van der Waals surface area (Å²) >= 11 is -2.63. The summed E-state index contributed by atoms with van der Waals surface area (Å²) in [5.41, 5.74) is 0. The molecule has 0 unspecified atom stereocenters. The van der Waals surface area contributed by atoms with Crippen molar-refractivity contribution in [3.63, 3.8) is 0 Å². The van der Waals surface area contributed by atoms with Gasteiger partial charge in [-0.3, -0.25) is 0 Å². The number of rotatable bonds is 1. The van der Waals surface area contributed by atoms with Gasteiger partial charge in [-0.05, 0) is 0 Å². The molecule has 0 radical (unpaired) electrons. The van der Waals surface area contributed by atoms with E-state index in [2.05, 4.69) is 0 Å². The van der Waals surface area contributed by atoms with Crippen molar-refractivity contribution in [1.29, 1.82) is 0 Å². The van der Waals surface area contributed by atoms with Crippen LogP contribution in [0.15, 0.2) is 22.7 Å². The predicted octanol–water partition coefficient (Wildman–Crippen LogP) is 2.63. The van der Waals surface area contributed by atoms with Crippen molar-refractivity contribution in [2.24, 2.45) is 0 Å². The van der Waals surface area contributed by atoms with Crippen molar-refractivity contribution in [2.75, 3.05) is 0 Å². The molecular weight excluding hydrogens is 295 g/mol. The van der Waals surface area contributed by atoms with Crippen molar-refractivity contribution >= 4 is 21.2 Å². The first-order valence-electron chi connectivity index (χ1n) is 4.71. The van der Waals surface area contributed by atoms with Gasteiger partial charge in [-0.2, -0.15) is 0 Å². The molecule has 0 atom stereocenters. The molecule has 1 aliphatic rings. The minimum absolute atomic E-state index is 0.690. The molecule has 1 aliphatic carbocycles. The van der Waals surface area contributed by atoms with E-state index in [1.54, 1.807) is 13.8 Å². The van der Waals surface area contributed by atoms with Crippen molar-refractivity contribution in [3.05, 3.63) is 22.7 Å². The van der Waals surface area contributed by atoms with E-state index >= 15 is 0 Å². The Morgan fingerprint density at radius 2 is 1.67 bits per heavy atom. The molecule has 103 valence electrons. The molecule has 8 heteroatoms. The van der Waals surface area contributed by atoms with Gasteiger partial charge in [0.15, 0.2) is 0 Å². The largest absolute Gasteiger partial charge is 0.673 e. The molecule has 0 fully saturated rings. The van der Waals surface area contributed by atoms with Crippen LogP contribution < -0.4 is 0 Å². The van der Waals surface area contributed by atoms with E-state index in [1.165, 1.54) is 0 Å². The number of hydrogen-bond acceptors (Lipinski definition) is 2. The second-order valence-corrected chi connectivity index (χ2v) is 7.17. The maximum absolute atomic E-state index is 10.9. The summed E-state index contributed by atoms with van der Waals surface area (Å²) in [6.45, 7) is 3.60. The number of carbonyl (C=O) groups excluding carboxylic acids is 2. The Labute approximate surface area is 103 Å². The van der Waals surface area contributed by atoms with Crippen LogP contribution in [0.1, 0.15) is 20.3 Å². The average molecular weight is 306 g/mol. The fourth-order valence-corrected chi connectivity index (χ4v) is 3.44. The third-order valence-electron chi connectivity index (χ3n) is 1.80. The first kappa shape index (κ1) is 16.8. The Morgan fingerprint density at radius 1 is 1.22 bits per heavy atom. The van der Waals surface area contributed by atoms with E-state index in [0.29, 0.717) is 6.42 Å². The molecule has 0 saturated heterocycles. The molecule has 0 aromatic rings. The van der Waals surface area contributed by atoms with Gasteiger partial charge >= 0.3 is 85.3 Å². The van der Waals surface area contributed by atoms with Crippen LogP contribution in [0.4, 0.5) is 17.3 Å². The van der Waals surface area contributed by atoms with Gasteiger partial charge in [0.1, 0.15) is 0 Å². The van der Waals surface area contributed by atoms with Gasteiger partial charge < -0.3 is 17.3 Å². The molecule has 0 saturated carbocycles. The number of halogens is 4. The standard InChI is InChI=1S/C5H5.C3H6.2CO.BF4.Fe/c1-2-4-5-3-1;1-3-2;2*1-2;2-1(3,4)5;/h1-3H,4H2;1-2H3;;;;/q;;;;-1;. The quantitative estimate of drug-likeness (QED) is 0.551. The molecule has 0 aromatic heterocycles. The third kappa shape index (κ3) is 4.99. The summed E-state index contributed by atoms with van der Waals surface area (Å²) < 4.78 is 40.7. The number of allylic oxidation sites excluding steroid dienone is 4. The molecule has 0 aliphatic heterocycles. The minimum atomic E-state index is -6.00. The second-order valence-electron chi connectivity index (χ2n) is 3.25. The second kappa shape index (κ2) is 6.67. The maximum atomic E-state index is 10.9. The summed E-state index contributed by atoms with van der Waals surface area (Å²) in [5, 5.41) is 0. The molecule has 18 heavy (non-hydrogen) atoms. The summed E-state index contributed by atoms with van der Waals surface area (Å²) in [5.74, 6) is 0. The fraction of sp³-hybridized carbons (Fsp3) is 0.300. The smallest absolute Gasteiger partial charge is 0.418 e. The van der Waals surface area contributed by atoms with Gasteiger partial charge in [0.25, 0.3) is 0 Å². The van der Waals surface area contributed by atoms with Gasteiger partial charge in [-0.25, -0.2) is 0 Å². The van der Waals surface area contributed by atoms with E-state index in [9.17, 15) is 26.9 Å². The van der Waals surface area contributed by atoms with E-state index in [-0.39, 0.29) is 0 Å². The molecule has 0 aromatic carbocycles. The number of hydrogen-bond donors (Lipinski definition) is 0. The zero-order valence-electron chi connectivity index (χ0n) is 9.70. The molecule has 2 nitrogen and oxygen atoms in total. The zero-order valence-corrected chi connectivity index (χ0v) is 10.8. The summed E-state index contributed by atoms with van der Waals surface area (Å²) in [4.78, 5) is 25.6. The van der Waals surface area contributed by atoms with Gasteiger partial charge in [0.2, 0.25) is 0 Å². The Morgan fingerprint density at radius 3 is 1.89 bits per heavy atom. The van der Waals surface area contributed by atoms with E-state index in [0.717, 1.165) is 8.89 Å². The molecular formula is C10H11BF4FeO2-. The predicted molar refractivity (Wildman–Crippen MR) is 59.8 cm³/mol. The first-order chi connectivity index (χ1) is 8.17. The van der Waals surface area contributed by atoms with E-state index in [1.807, 2.05) is 27.8 Å². The SMILES string of the molecule is C[C](C)=[Fe](=[C]=O)(=[C]=O)[C]1=CC=CC1.F[B-](F)(F)F. The minimum Gasteiger partial charge on any atom is -0.418 e. The normalized spacial score (nSPS) is 14.0. The molecule has 0 spiro atoms.